The number of carbonyl (C=O) groups is 7. The summed E-state index contributed by atoms with van der Waals surface area (Å²) in [7, 11) is 1.30. The standard InChI is InChI=1S/C49H59N7O16/c1-22(50)8-6-11-35(59)54-30-17-37(71-24(3)42(30)61)72-33-19-49(68,18-29-39(33)46(65)41-40(44(29)63)43(62)28-9-7-10-32(69-5)38(28)45(41)64)25(4)56-70-21-36(60)53-23(2)47(66)55-31(48(67)52-20-34(51)58)16-26-12-14-27(57)15-13-26/h7,9-10,12-15,23-24,30-31,33,37,42,50,57,61,63,65,68H,6,8,11,16-21H2,1-5H3,(H2,51,58)(H,52,67)(H,53,60)(H,54,59)(H,55,66)/b50-22?,56-25+/t23-,24?,30?,31-,33-,37?,42?,49-/m0/s1. The molecule has 6 rings (SSSR count). The highest BCUT2D eigenvalue weighted by Gasteiger charge is 2.49. The Balaban J connectivity index is 1.23. The Morgan fingerprint density at radius 1 is 0.944 bits per heavy atom. The molecule has 1 heterocycles. The Morgan fingerprint density at radius 3 is 2.31 bits per heavy atom. The zero-order chi connectivity index (χ0) is 52.8. The van der Waals surface area contributed by atoms with Crippen molar-refractivity contribution in [2.45, 2.75) is 121 Å². The molecular formula is C49H59N7O16. The number of aliphatic hydroxyl groups excluding tert-OH is 1. The van der Waals surface area contributed by atoms with Crippen molar-refractivity contribution in [1.29, 1.82) is 5.41 Å². The first kappa shape index (κ1) is 53.9. The number of ketones is 2. The Kier molecular flexibility index (Phi) is 17.0. The van der Waals surface area contributed by atoms with E-state index in [1.54, 1.807) is 13.8 Å². The van der Waals surface area contributed by atoms with Crippen LogP contribution in [-0.2, 0) is 51.1 Å². The van der Waals surface area contributed by atoms with E-state index in [9.17, 15) is 59.1 Å². The molecule has 2 aliphatic carbocycles. The van der Waals surface area contributed by atoms with Crippen LogP contribution in [0.15, 0.2) is 47.6 Å². The summed E-state index contributed by atoms with van der Waals surface area (Å²) in [5, 5.41) is 78.8. The van der Waals surface area contributed by atoms with Crippen molar-refractivity contribution in [2.75, 3.05) is 20.3 Å². The predicted molar refractivity (Wildman–Crippen MR) is 253 cm³/mol. The van der Waals surface area contributed by atoms with E-state index in [0.717, 1.165) is 0 Å². The van der Waals surface area contributed by atoms with Crippen molar-refractivity contribution in [3.05, 3.63) is 81.4 Å². The number of aromatic hydroxyl groups is 3. The fourth-order valence-electron chi connectivity index (χ4n) is 8.86. The lowest BCUT2D eigenvalue weighted by Gasteiger charge is -2.43. The van der Waals surface area contributed by atoms with E-state index in [1.165, 1.54) is 63.4 Å². The summed E-state index contributed by atoms with van der Waals surface area (Å²) in [6.45, 7) is 4.51. The first-order chi connectivity index (χ1) is 34.0. The van der Waals surface area contributed by atoms with E-state index in [4.69, 9.17) is 30.2 Å². The third-order valence-corrected chi connectivity index (χ3v) is 12.7. The van der Waals surface area contributed by atoms with Crippen molar-refractivity contribution in [3.8, 4) is 23.0 Å². The SMILES string of the molecule is COc1cccc2c1C(=O)c1c(O)c3c(c(O)c1C2=O)C[C@@](O)(/C(C)=N/OCC(=O)N[C@@H](C)C(=O)N[C@@H](Cc1ccc(O)cc1)C(=O)NCC(N)=O)C[C@@H]3OC1CC(NC(=O)CCCC(C)=N)C(O)C(C)O1. The van der Waals surface area contributed by atoms with Gasteiger partial charge in [-0.15, -0.1) is 0 Å². The van der Waals surface area contributed by atoms with Gasteiger partial charge in [-0.1, -0.05) is 29.4 Å². The normalized spacial score (nSPS) is 22.2. The maximum absolute atomic E-state index is 14.2. The Bertz CT molecular complexity index is 2670. The number of hydrogen-bond acceptors (Lipinski definition) is 18. The Hall–Kier alpha value is -7.47. The summed E-state index contributed by atoms with van der Waals surface area (Å²) in [6.07, 6.45) is -5.17. The van der Waals surface area contributed by atoms with Crippen LogP contribution >= 0.6 is 0 Å². The first-order valence-corrected chi connectivity index (χ1v) is 23.1. The predicted octanol–water partition coefficient (Wildman–Crippen LogP) is 0.739. The van der Waals surface area contributed by atoms with Crippen molar-refractivity contribution in [2.24, 2.45) is 10.9 Å². The van der Waals surface area contributed by atoms with E-state index in [1.807, 2.05) is 0 Å². The smallest absolute Gasteiger partial charge is 0.261 e. The number of amides is 5. The van der Waals surface area contributed by atoms with Crippen molar-refractivity contribution < 1.29 is 78.1 Å². The number of primary amides is 1. The highest BCUT2D eigenvalue weighted by atomic mass is 16.7. The minimum absolute atomic E-state index is 0.0304. The topological polar surface area (TPSA) is 368 Å². The van der Waals surface area contributed by atoms with Crippen LogP contribution in [0.1, 0.15) is 114 Å². The van der Waals surface area contributed by atoms with E-state index in [-0.39, 0.29) is 58.7 Å². The van der Waals surface area contributed by atoms with Crippen LogP contribution in [-0.4, -0.2) is 141 Å². The van der Waals surface area contributed by atoms with Gasteiger partial charge >= 0.3 is 0 Å². The number of fused-ring (bicyclic) bond motifs is 3. The number of carbonyl (C=O) groups excluding carboxylic acids is 7. The summed E-state index contributed by atoms with van der Waals surface area (Å²) in [5.41, 5.74) is 2.08. The molecule has 3 aliphatic rings. The van der Waals surface area contributed by atoms with Crippen LogP contribution in [0.25, 0.3) is 0 Å². The van der Waals surface area contributed by atoms with Gasteiger partial charge in [-0.2, -0.15) is 0 Å². The van der Waals surface area contributed by atoms with Crippen LogP contribution in [0.5, 0.6) is 23.0 Å². The van der Waals surface area contributed by atoms with Gasteiger partial charge in [-0.3, -0.25) is 33.6 Å². The molecule has 3 aromatic carbocycles. The molecule has 3 aromatic rings. The second-order valence-electron chi connectivity index (χ2n) is 18.1. The highest BCUT2D eigenvalue weighted by molar-refractivity contribution is 6.31. The maximum atomic E-state index is 14.2. The van der Waals surface area contributed by atoms with Crippen LogP contribution in [0.2, 0.25) is 0 Å². The maximum Gasteiger partial charge on any atom is 0.261 e. The molecule has 23 nitrogen and oxygen atoms in total. The van der Waals surface area contributed by atoms with Crippen LogP contribution in [0, 0.1) is 5.41 Å². The molecule has 0 spiro atoms. The number of nitrogens with two attached hydrogens (primary N) is 1. The largest absolute Gasteiger partial charge is 0.508 e. The van der Waals surface area contributed by atoms with Gasteiger partial charge in [-0.05, 0) is 64.3 Å². The number of rotatable bonds is 20. The molecule has 4 unspecified atom stereocenters. The van der Waals surface area contributed by atoms with Gasteiger partial charge in [0.25, 0.3) is 5.91 Å². The molecule has 386 valence electrons. The summed E-state index contributed by atoms with van der Waals surface area (Å²) < 4.78 is 17.8. The number of nitrogens with one attached hydrogen (secondary N) is 5. The van der Waals surface area contributed by atoms with Crippen molar-refractivity contribution >= 4 is 52.5 Å². The minimum Gasteiger partial charge on any atom is -0.508 e. The number of nitrogens with zero attached hydrogens (tertiary/aromatic N) is 1. The zero-order valence-corrected chi connectivity index (χ0v) is 40.2. The lowest BCUT2D eigenvalue weighted by molar-refractivity contribution is -0.248. The van der Waals surface area contributed by atoms with Gasteiger partial charge in [-0.25, -0.2) is 0 Å². The second-order valence-corrected chi connectivity index (χ2v) is 18.1. The molecule has 1 saturated heterocycles. The van der Waals surface area contributed by atoms with E-state index < -0.39 is 138 Å². The summed E-state index contributed by atoms with van der Waals surface area (Å²) in [5.74, 6) is -6.76. The molecule has 0 radical (unpaired) electrons. The number of oxime groups is 1. The molecule has 0 aromatic heterocycles. The molecule has 12 N–H and O–H groups in total. The quantitative estimate of drug-likeness (QED) is 0.0330. The third kappa shape index (κ3) is 12.2. The summed E-state index contributed by atoms with van der Waals surface area (Å²) >= 11 is 0. The lowest BCUT2D eigenvalue weighted by Crippen LogP contribution is -2.55. The van der Waals surface area contributed by atoms with Gasteiger partial charge in [0.15, 0.2) is 18.7 Å². The highest BCUT2D eigenvalue weighted by Crippen LogP contribution is 2.52. The molecule has 0 bridgehead atoms. The number of phenolic OH excluding ortho intramolecular Hbond substituents is 3. The van der Waals surface area contributed by atoms with E-state index >= 15 is 0 Å². The summed E-state index contributed by atoms with van der Waals surface area (Å²) in [6, 6.07) is 6.72. The molecule has 1 fully saturated rings. The van der Waals surface area contributed by atoms with Gasteiger partial charge in [0, 0.05) is 54.5 Å². The minimum atomic E-state index is -2.13. The second kappa shape index (κ2) is 22.7. The van der Waals surface area contributed by atoms with Gasteiger partial charge in [0.2, 0.25) is 29.4 Å². The fraction of sp³-hybridized carbons (Fsp3) is 0.449. The lowest BCUT2D eigenvalue weighted by atomic mass is 9.72. The Morgan fingerprint density at radius 2 is 1.64 bits per heavy atom. The molecule has 72 heavy (non-hydrogen) atoms. The van der Waals surface area contributed by atoms with Crippen molar-refractivity contribution in [1.82, 2.24) is 21.3 Å². The van der Waals surface area contributed by atoms with Gasteiger partial charge in [0.1, 0.15) is 46.8 Å². The number of benzene rings is 3. The number of ether oxygens (including phenoxy) is 3. The van der Waals surface area contributed by atoms with Crippen LogP contribution < -0.4 is 31.7 Å². The third-order valence-electron chi connectivity index (χ3n) is 12.7. The molecule has 23 heteroatoms. The summed E-state index contributed by atoms with van der Waals surface area (Å²) in [4.78, 5) is 97.1. The number of hydrogen-bond donors (Lipinski definition) is 11. The number of methoxy groups -OCH3 is 1. The van der Waals surface area contributed by atoms with Crippen LogP contribution in [0.4, 0.5) is 0 Å². The van der Waals surface area contributed by atoms with E-state index in [2.05, 4.69) is 26.4 Å². The molecule has 0 saturated carbocycles. The van der Waals surface area contributed by atoms with Crippen molar-refractivity contribution in [3.63, 3.8) is 0 Å². The van der Waals surface area contributed by atoms with Crippen LogP contribution in [0.3, 0.4) is 0 Å². The van der Waals surface area contributed by atoms with Gasteiger partial charge < -0.3 is 77.0 Å². The molecular weight excluding hydrogens is 943 g/mol. The van der Waals surface area contributed by atoms with E-state index in [0.29, 0.717) is 24.1 Å². The Labute approximate surface area is 412 Å². The monoisotopic (exact) mass is 1000 g/mol. The fourth-order valence-corrected chi connectivity index (χ4v) is 8.86. The molecule has 1 aliphatic heterocycles. The average Bonchev–Trinajstić information content (AvgIpc) is 3.32. The van der Waals surface area contributed by atoms with Gasteiger partial charge in [0.05, 0.1) is 54.3 Å². The molecule has 8 atom stereocenters. The average molecular weight is 1000 g/mol. The first-order valence-electron chi connectivity index (χ1n) is 23.1. The molecule has 5 amide bonds. The zero-order valence-electron chi connectivity index (χ0n) is 40.2. The number of phenols is 3. The number of aliphatic hydroxyl groups is 2.